The maximum atomic E-state index is 12.5. The Morgan fingerprint density at radius 3 is 2.75 bits per heavy atom. The van der Waals surface area contributed by atoms with Crippen LogP contribution in [-0.2, 0) is 24.8 Å². The highest BCUT2D eigenvalue weighted by molar-refractivity contribution is 5.79. The summed E-state index contributed by atoms with van der Waals surface area (Å²) < 4.78 is 1.85. The lowest BCUT2D eigenvalue weighted by molar-refractivity contribution is -0.125. The molecule has 0 unspecified atom stereocenters. The van der Waals surface area contributed by atoms with E-state index >= 15 is 0 Å². The molecule has 0 bridgehead atoms. The van der Waals surface area contributed by atoms with E-state index < -0.39 is 0 Å². The first-order valence-electron chi connectivity index (χ1n) is 8.64. The number of rotatable bonds is 6. The lowest BCUT2D eigenvalue weighted by atomic mass is 9.97. The minimum Gasteiger partial charge on any atom is -0.355 e. The number of hydrogen-bond donors (Lipinski definition) is 1. The first-order chi connectivity index (χ1) is 11.6. The molecule has 1 saturated heterocycles. The van der Waals surface area contributed by atoms with Gasteiger partial charge >= 0.3 is 0 Å². The fourth-order valence-electron chi connectivity index (χ4n) is 3.47. The summed E-state index contributed by atoms with van der Waals surface area (Å²) in [7, 11) is 1.93. The molecule has 2 heterocycles. The van der Waals surface area contributed by atoms with Gasteiger partial charge in [-0.3, -0.25) is 14.4 Å². The molecule has 1 aliphatic heterocycles. The van der Waals surface area contributed by atoms with Crippen molar-refractivity contribution < 1.29 is 4.79 Å². The second kappa shape index (κ2) is 7.62. The van der Waals surface area contributed by atoms with E-state index in [4.69, 9.17) is 0 Å². The molecule has 1 aromatic carbocycles. The summed E-state index contributed by atoms with van der Waals surface area (Å²) in [4.78, 5) is 14.9. The first kappa shape index (κ1) is 16.7. The number of aryl methyl sites for hydroxylation is 1. The van der Waals surface area contributed by atoms with Crippen molar-refractivity contribution in [2.45, 2.75) is 19.9 Å². The van der Waals surface area contributed by atoms with Gasteiger partial charge in [-0.05, 0) is 17.5 Å². The highest BCUT2D eigenvalue weighted by atomic mass is 16.1. The Balaban J connectivity index is 1.47. The van der Waals surface area contributed by atoms with Crippen LogP contribution in [0.1, 0.15) is 18.2 Å². The van der Waals surface area contributed by atoms with E-state index in [-0.39, 0.29) is 11.8 Å². The van der Waals surface area contributed by atoms with Gasteiger partial charge in [-0.1, -0.05) is 37.3 Å². The van der Waals surface area contributed by atoms with Gasteiger partial charge in [0, 0.05) is 51.5 Å². The summed E-state index contributed by atoms with van der Waals surface area (Å²) in [5.41, 5.74) is 2.45. The predicted octanol–water partition coefficient (Wildman–Crippen LogP) is 1.85. The summed E-state index contributed by atoms with van der Waals surface area (Å²) in [6.07, 6.45) is 2.61. The molecule has 1 aromatic heterocycles. The Kier molecular flexibility index (Phi) is 5.30. The normalized spacial score (nSPS) is 21.1. The van der Waals surface area contributed by atoms with Gasteiger partial charge in [0.05, 0.1) is 5.92 Å². The van der Waals surface area contributed by atoms with E-state index in [1.165, 1.54) is 5.56 Å². The molecule has 128 valence electrons. The van der Waals surface area contributed by atoms with Crippen molar-refractivity contribution in [2.75, 3.05) is 19.6 Å². The summed E-state index contributed by atoms with van der Waals surface area (Å²) in [5.74, 6) is 0.658. The smallest absolute Gasteiger partial charge is 0.224 e. The van der Waals surface area contributed by atoms with Crippen LogP contribution in [0.2, 0.25) is 0 Å². The zero-order valence-electron chi connectivity index (χ0n) is 14.5. The monoisotopic (exact) mass is 326 g/mol. The molecule has 2 atom stereocenters. The van der Waals surface area contributed by atoms with Gasteiger partial charge < -0.3 is 5.32 Å². The minimum atomic E-state index is 0.0836. The SMILES string of the molecule is C[C@@H]1CN(Cc2ccccc2)C[C@H]1C(=O)NCCc1ccnn1C. The Bertz CT molecular complexity index is 667. The molecular weight excluding hydrogens is 300 g/mol. The zero-order chi connectivity index (χ0) is 16.9. The number of aromatic nitrogens is 2. The largest absolute Gasteiger partial charge is 0.355 e. The minimum absolute atomic E-state index is 0.0836. The molecule has 3 rings (SSSR count). The molecule has 0 radical (unpaired) electrons. The third-order valence-electron chi connectivity index (χ3n) is 4.88. The Morgan fingerprint density at radius 1 is 1.25 bits per heavy atom. The van der Waals surface area contributed by atoms with E-state index in [1.54, 1.807) is 6.20 Å². The van der Waals surface area contributed by atoms with Crippen molar-refractivity contribution in [1.29, 1.82) is 0 Å². The molecule has 1 amide bonds. The van der Waals surface area contributed by atoms with Crippen molar-refractivity contribution >= 4 is 5.91 Å². The summed E-state index contributed by atoms with van der Waals surface area (Å²) >= 11 is 0. The van der Waals surface area contributed by atoms with Crippen molar-refractivity contribution in [1.82, 2.24) is 20.0 Å². The maximum absolute atomic E-state index is 12.5. The average Bonchev–Trinajstić information content (AvgIpc) is 3.14. The second-order valence-electron chi connectivity index (χ2n) is 6.75. The van der Waals surface area contributed by atoms with Gasteiger partial charge in [0.25, 0.3) is 0 Å². The number of nitrogens with one attached hydrogen (secondary N) is 1. The van der Waals surface area contributed by atoms with E-state index in [9.17, 15) is 4.79 Å². The average molecular weight is 326 g/mol. The van der Waals surface area contributed by atoms with E-state index in [2.05, 4.69) is 46.5 Å². The van der Waals surface area contributed by atoms with Gasteiger partial charge in [0.1, 0.15) is 0 Å². The van der Waals surface area contributed by atoms with Crippen molar-refractivity contribution in [3.05, 3.63) is 53.9 Å². The topological polar surface area (TPSA) is 50.2 Å². The molecule has 0 spiro atoms. The summed E-state index contributed by atoms with van der Waals surface area (Å²) in [5, 5.41) is 7.25. The third-order valence-corrected chi connectivity index (χ3v) is 4.88. The Hall–Kier alpha value is -2.14. The number of hydrogen-bond acceptors (Lipinski definition) is 3. The van der Waals surface area contributed by atoms with Crippen LogP contribution in [0.5, 0.6) is 0 Å². The van der Waals surface area contributed by atoms with Crippen LogP contribution < -0.4 is 5.32 Å². The molecule has 5 nitrogen and oxygen atoms in total. The molecule has 0 aliphatic carbocycles. The fraction of sp³-hybridized carbons (Fsp3) is 0.474. The summed E-state index contributed by atoms with van der Waals surface area (Å²) in [6.45, 7) is 5.59. The van der Waals surface area contributed by atoms with Crippen LogP contribution in [0.15, 0.2) is 42.6 Å². The van der Waals surface area contributed by atoms with E-state index in [1.807, 2.05) is 23.9 Å². The number of nitrogens with zero attached hydrogens (tertiary/aromatic N) is 3. The maximum Gasteiger partial charge on any atom is 0.224 e. The van der Waals surface area contributed by atoms with Crippen LogP contribution in [0.4, 0.5) is 0 Å². The molecule has 1 aliphatic rings. The second-order valence-corrected chi connectivity index (χ2v) is 6.75. The number of carbonyl (C=O) groups is 1. The number of likely N-dealkylation sites (tertiary alicyclic amines) is 1. The van der Waals surface area contributed by atoms with Gasteiger partial charge in [-0.25, -0.2) is 0 Å². The zero-order valence-corrected chi connectivity index (χ0v) is 14.5. The molecule has 0 saturated carbocycles. The van der Waals surface area contributed by atoms with Gasteiger partial charge in [-0.15, -0.1) is 0 Å². The number of amides is 1. The number of carbonyl (C=O) groups excluding carboxylic acids is 1. The molecule has 1 fully saturated rings. The van der Waals surface area contributed by atoms with Crippen LogP contribution in [0, 0.1) is 11.8 Å². The van der Waals surface area contributed by atoms with Gasteiger partial charge in [0.15, 0.2) is 0 Å². The Labute approximate surface area is 143 Å². The predicted molar refractivity (Wildman–Crippen MR) is 94.3 cm³/mol. The lowest BCUT2D eigenvalue weighted by Crippen LogP contribution is -2.36. The molecule has 5 heteroatoms. The van der Waals surface area contributed by atoms with Crippen LogP contribution >= 0.6 is 0 Å². The van der Waals surface area contributed by atoms with Crippen LogP contribution in [-0.4, -0.2) is 40.2 Å². The van der Waals surface area contributed by atoms with Crippen LogP contribution in [0.25, 0.3) is 0 Å². The van der Waals surface area contributed by atoms with Crippen molar-refractivity contribution in [3.8, 4) is 0 Å². The van der Waals surface area contributed by atoms with Gasteiger partial charge in [0.2, 0.25) is 5.91 Å². The van der Waals surface area contributed by atoms with E-state index in [0.29, 0.717) is 12.5 Å². The number of benzene rings is 1. The highest BCUT2D eigenvalue weighted by Crippen LogP contribution is 2.24. The fourth-order valence-corrected chi connectivity index (χ4v) is 3.47. The van der Waals surface area contributed by atoms with Crippen molar-refractivity contribution in [2.24, 2.45) is 18.9 Å². The first-order valence-corrected chi connectivity index (χ1v) is 8.64. The molecular formula is C19H26N4O. The molecule has 1 N–H and O–H groups in total. The lowest BCUT2D eigenvalue weighted by Gasteiger charge is -2.16. The third kappa shape index (κ3) is 4.03. The summed E-state index contributed by atoms with van der Waals surface area (Å²) in [6, 6.07) is 12.5. The van der Waals surface area contributed by atoms with E-state index in [0.717, 1.165) is 31.7 Å². The standard InChI is InChI=1S/C19H26N4O/c1-15-12-23(13-16-6-4-3-5-7-16)14-18(15)19(24)20-10-8-17-9-11-21-22(17)2/h3-7,9,11,15,18H,8,10,12-14H2,1-2H3,(H,20,24)/t15-,18-/m1/s1. The van der Waals surface area contributed by atoms with Gasteiger partial charge in [-0.2, -0.15) is 5.10 Å². The van der Waals surface area contributed by atoms with Crippen molar-refractivity contribution in [3.63, 3.8) is 0 Å². The quantitative estimate of drug-likeness (QED) is 0.881. The molecule has 24 heavy (non-hydrogen) atoms. The molecule has 2 aromatic rings. The Morgan fingerprint density at radius 2 is 2.04 bits per heavy atom. The van der Waals surface area contributed by atoms with Crippen LogP contribution in [0.3, 0.4) is 0 Å². The highest BCUT2D eigenvalue weighted by Gasteiger charge is 2.34.